The SMILES string of the molecule is CCOC(=O)c1nnc(SCc2ccc(Cl)nc2)o1. The Kier molecular flexibility index (Phi) is 4.75. The highest BCUT2D eigenvalue weighted by atomic mass is 35.5. The fraction of sp³-hybridized carbons (Fsp3) is 0.273. The summed E-state index contributed by atoms with van der Waals surface area (Å²) in [6.07, 6.45) is 1.66. The summed E-state index contributed by atoms with van der Waals surface area (Å²) >= 11 is 6.99. The lowest BCUT2D eigenvalue weighted by molar-refractivity contribution is 0.0475. The summed E-state index contributed by atoms with van der Waals surface area (Å²) in [5.74, 6) is -0.164. The zero-order chi connectivity index (χ0) is 13.7. The molecule has 0 unspecified atom stereocenters. The fourth-order valence-corrected chi connectivity index (χ4v) is 1.99. The number of nitrogens with zero attached hydrogens (tertiary/aromatic N) is 3. The molecule has 0 atom stereocenters. The number of pyridine rings is 1. The van der Waals surface area contributed by atoms with Crippen LogP contribution in [-0.4, -0.2) is 27.8 Å². The lowest BCUT2D eigenvalue weighted by atomic mass is 10.3. The van der Waals surface area contributed by atoms with Gasteiger partial charge >= 0.3 is 11.9 Å². The van der Waals surface area contributed by atoms with Crippen LogP contribution in [0, 0.1) is 0 Å². The third kappa shape index (κ3) is 3.93. The van der Waals surface area contributed by atoms with Crippen molar-refractivity contribution in [2.75, 3.05) is 6.61 Å². The number of carbonyl (C=O) groups is 1. The Labute approximate surface area is 118 Å². The number of esters is 1. The maximum atomic E-state index is 11.3. The van der Waals surface area contributed by atoms with Crippen molar-refractivity contribution in [1.29, 1.82) is 0 Å². The van der Waals surface area contributed by atoms with Gasteiger partial charge in [-0.3, -0.25) is 0 Å². The van der Waals surface area contributed by atoms with E-state index in [2.05, 4.69) is 15.2 Å². The third-order valence-corrected chi connectivity index (χ3v) is 3.12. The van der Waals surface area contributed by atoms with Crippen molar-refractivity contribution < 1.29 is 13.9 Å². The van der Waals surface area contributed by atoms with Crippen molar-refractivity contribution in [3.05, 3.63) is 34.9 Å². The average molecular weight is 300 g/mol. The van der Waals surface area contributed by atoms with Crippen LogP contribution in [0.15, 0.2) is 28.0 Å². The Bertz CT molecular complexity index is 559. The summed E-state index contributed by atoms with van der Waals surface area (Å²) in [5.41, 5.74) is 0.963. The molecule has 8 heteroatoms. The number of hydrogen-bond acceptors (Lipinski definition) is 7. The molecule has 2 rings (SSSR count). The molecule has 0 spiro atoms. The molecule has 0 bridgehead atoms. The molecular weight excluding hydrogens is 290 g/mol. The van der Waals surface area contributed by atoms with E-state index in [0.29, 0.717) is 16.1 Å². The predicted octanol–water partition coefficient (Wildman–Crippen LogP) is 2.59. The van der Waals surface area contributed by atoms with E-state index in [0.717, 1.165) is 5.56 Å². The van der Waals surface area contributed by atoms with Gasteiger partial charge in [0.25, 0.3) is 5.22 Å². The van der Waals surface area contributed by atoms with Crippen LogP contribution < -0.4 is 0 Å². The molecule has 6 nitrogen and oxygen atoms in total. The lowest BCUT2D eigenvalue weighted by Gasteiger charge is -1.97. The van der Waals surface area contributed by atoms with Gasteiger partial charge in [-0.25, -0.2) is 9.78 Å². The van der Waals surface area contributed by atoms with Crippen LogP contribution in [0.1, 0.15) is 23.2 Å². The molecule has 2 aromatic rings. The summed E-state index contributed by atoms with van der Waals surface area (Å²) < 4.78 is 9.91. The van der Waals surface area contributed by atoms with Crippen LogP contribution in [0.4, 0.5) is 0 Å². The largest absolute Gasteiger partial charge is 0.459 e. The zero-order valence-corrected chi connectivity index (χ0v) is 11.6. The summed E-state index contributed by atoms with van der Waals surface area (Å²) in [6.45, 7) is 1.97. The van der Waals surface area contributed by atoms with Crippen LogP contribution in [0.3, 0.4) is 0 Å². The quantitative estimate of drug-likeness (QED) is 0.477. The first kappa shape index (κ1) is 13.8. The highest BCUT2D eigenvalue weighted by Gasteiger charge is 2.15. The van der Waals surface area contributed by atoms with Gasteiger partial charge in [-0.1, -0.05) is 34.5 Å². The van der Waals surface area contributed by atoms with Gasteiger partial charge in [-0.15, -0.1) is 5.10 Å². The molecule has 0 radical (unpaired) electrons. The van der Waals surface area contributed by atoms with Crippen molar-refractivity contribution >= 4 is 29.3 Å². The highest BCUT2D eigenvalue weighted by Crippen LogP contribution is 2.21. The minimum Gasteiger partial charge on any atom is -0.459 e. The van der Waals surface area contributed by atoms with Crippen LogP contribution in [0.5, 0.6) is 0 Å². The number of ether oxygens (including phenoxy) is 1. The summed E-state index contributed by atoms with van der Waals surface area (Å²) in [5, 5.41) is 8.11. The minimum absolute atomic E-state index is 0.140. The van der Waals surface area contributed by atoms with E-state index in [1.807, 2.05) is 6.07 Å². The van der Waals surface area contributed by atoms with Gasteiger partial charge in [0.05, 0.1) is 6.61 Å². The smallest absolute Gasteiger partial charge is 0.396 e. The highest BCUT2D eigenvalue weighted by molar-refractivity contribution is 7.98. The Balaban J connectivity index is 1.93. The predicted molar refractivity (Wildman–Crippen MR) is 69.1 cm³/mol. The third-order valence-electron chi connectivity index (χ3n) is 2.01. The van der Waals surface area contributed by atoms with Gasteiger partial charge < -0.3 is 9.15 Å². The summed E-state index contributed by atoms with van der Waals surface area (Å²) in [6, 6.07) is 3.56. The number of rotatable bonds is 5. The molecule has 0 aromatic carbocycles. The van der Waals surface area contributed by atoms with Crippen LogP contribution in [0.25, 0.3) is 0 Å². The first-order valence-electron chi connectivity index (χ1n) is 5.43. The normalized spacial score (nSPS) is 10.4. The van der Waals surface area contributed by atoms with Crippen molar-refractivity contribution in [3.8, 4) is 0 Å². The van der Waals surface area contributed by atoms with Gasteiger partial charge in [0.2, 0.25) is 0 Å². The molecule has 0 aliphatic carbocycles. The molecule has 0 aliphatic rings. The number of hydrogen-bond donors (Lipinski definition) is 0. The molecule has 0 amide bonds. The van der Waals surface area contributed by atoms with E-state index in [-0.39, 0.29) is 12.5 Å². The molecule has 2 aromatic heterocycles. The van der Waals surface area contributed by atoms with Crippen LogP contribution in [-0.2, 0) is 10.5 Å². The van der Waals surface area contributed by atoms with Crippen molar-refractivity contribution in [1.82, 2.24) is 15.2 Å². The maximum Gasteiger partial charge on any atom is 0.396 e. The number of halogens is 1. The first-order valence-corrected chi connectivity index (χ1v) is 6.79. The molecule has 0 aliphatic heterocycles. The zero-order valence-electron chi connectivity index (χ0n) is 10.00. The number of carbonyl (C=O) groups excluding carboxylic acids is 1. The number of aromatic nitrogens is 3. The van der Waals surface area contributed by atoms with E-state index in [1.54, 1.807) is 19.2 Å². The van der Waals surface area contributed by atoms with Crippen LogP contribution >= 0.6 is 23.4 Å². The summed E-state index contributed by atoms with van der Waals surface area (Å²) in [7, 11) is 0. The maximum absolute atomic E-state index is 11.3. The topological polar surface area (TPSA) is 78.1 Å². The van der Waals surface area contributed by atoms with Crippen molar-refractivity contribution in [2.24, 2.45) is 0 Å². The minimum atomic E-state index is -0.616. The lowest BCUT2D eigenvalue weighted by Crippen LogP contribution is -2.04. The molecule has 100 valence electrons. The second-order valence-corrected chi connectivity index (χ2v) is 4.69. The standard InChI is InChI=1S/C11H10ClN3O3S/c1-2-17-10(16)9-14-15-11(18-9)19-6-7-3-4-8(12)13-5-7/h3-5H,2,6H2,1H3. The van der Waals surface area contributed by atoms with Gasteiger partial charge in [-0.05, 0) is 18.6 Å². The van der Waals surface area contributed by atoms with Crippen LogP contribution in [0.2, 0.25) is 5.15 Å². The fourth-order valence-electron chi connectivity index (χ4n) is 1.18. The van der Waals surface area contributed by atoms with E-state index in [1.165, 1.54) is 11.8 Å². The average Bonchev–Trinajstić information content (AvgIpc) is 2.87. The molecule has 0 fully saturated rings. The molecular formula is C11H10ClN3O3S. The van der Waals surface area contributed by atoms with Gasteiger partial charge in [-0.2, -0.15) is 0 Å². The Morgan fingerprint density at radius 3 is 3.00 bits per heavy atom. The Morgan fingerprint density at radius 1 is 1.47 bits per heavy atom. The Hall–Kier alpha value is -1.60. The van der Waals surface area contributed by atoms with Crippen molar-refractivity contribution in [3.63, 3.8) is 0 Å². The van der Waals surface area contributed by atoms with Gasteiger partial charge in [0, 0.05) is 11.9 Å². The molecule has 19 heavy (non-hydrogen) atoms. The van der Waals surface area contributed by atoms with E-state index >= 15 is 0 Å². The van der Waals surface area contributed by atoms with E-state index < -0.39 is 5.97 Å². The molecule has 0 N–H and O–H groups in total. The van der Waals surface area contributed by atoms with E-state index in [9.17, 15) is 4.79 Å². The summed E-state index contributed by atoms with van der Waals surface area (Å²) in [4.78, 5) is 15.3. The molecule has 0 saturated carbocycles. The second-order valence-electron chi connectivity index (χ2n) is 3.37. The van der Waals surface area contributed by atoms with Crippen molar-refractivity contribution in [2.45, 2.75) is 17.9 Å². The molecule has 2 heterocycles. The monoisotopic (exact) mass is 299 g/mol. The Morgan fingerprint density at radius 2 is 2.32 bits per heavy atom. The van der Waals surface area contributed by atoms with Gasteiger partial charge in [0.1, 0.15) is 5.15 Å². The molecule has 0 saturated heterocycles. The second kappa shape index (κ2) is 6.53. The van der Waals surface area contributed by atoms with Gasteiger partial charge in [0.15, 0.2) is 0 Å². The first-order chi connectivity index (χ1) is 9.19. The van der Waals surface area contributed by atoms with E-state index in [4.69, 9.17) is 20.8 Å². The number of thioether (sulfide) groups is 1.